The van der Waals surface area contributed by atoms with Crippen molar-refractivity contribution in [3.63, 3.8) is 0 Å². The van der Waals surface area contributed by atoms with Gasteiger partial charge in [-0.3, -0.25) is 0 Å². The van der Waals surface area contributed by atoms with Crippen LogP contribution in [-0.2, 0) is 6.42 Å². The molecule has 0 aromatic heterocycles. The quantitative estimate of drug-likeness (QED) is 0.805. The number of hydrogen-bond acceptors (Lipinski definition) is 1. The van der Waals surface area contributed by atoms with Crippen molar-refractivity contribution in [1.82, 2.24) is 5.32 Å². The van der Waals surface area contributed by atoms with Crippen molar-refractivity contribution in [1.29, 1.82) is 0 Å². The maximum Gasteiger partial charge on any atom is 0.0513 e. The molecule has 18 heavy (non-hydrogen) atoms. The van der Waals surface area contributed by atoms with Gasteiger partial charge in [-0.15, -0.1) is 0 Å². The molecule has 0 amide bonds. The van der Waals surface area contributed by atoms with Crippen molar-refractivity contribution >= 4 is 17.7 Å². The largest absolute Gasteiger partial charge is 0.316 e. The van der Waals surface area contributed by atoms with Crippen LogP contribution in [0.3, 0.4) is 0 Å². The van der Waals surface area contributed by atoms with Crippen LogP contribution >= 0.6 is 11.6 Å². The van der Waals surface area contributed by atoms with Crippen LogP contribution in [0, 0.1) is 5.41 Å². The number of hydrogen-bond donors (Lipinski definition) is 1. The second-order valence-electron chi connectivity index (χ2n) is 5.87. The molecule has 1 fully saturated rings. The van der Waals surface area contributed by atoms with Crippen molar-refractivity contribution in [2.45, 2.75) is 32.6 Å². The molecule has 1 aromatic rings. The molecule has 2 aliphatic rings. The molecule has 1 heterocycles. The summed E-state index contributed by atoms with van der Waals surface area (Å²) in [4.78, 5) is 0. The van der Waals surface area contributed by atoms with Crippen molar-refractivity contribution in [3.8, 4) is 0 Å². The average molecular weight is 262 g/mol. The SMILES string of the molecule is CC=Cc1ccc2c(c1Cl)CCC1(C)CNCC21. The molecule has 1 nitrogen and oxygen atoms in total. The molecule has 1 aliphatic carbocycles. The van der Waals surface area contributed by atoms with Gasteiger partial charge in [-0.2, -0.15) is 0 Å². The third kappa shape index (κ3) is 1.72. The minimum Gasteiger partial charge on any atom is -0.316 e. The summed E-state index contributed by atoms with van der Waals surface area (Å²) in [5.74, 6) is 0.637. The zero-order valence-corrected chi connectivity index (χ0v) is 11.8. The first-order valence-electron chi connectivity index (χ1n) is 6.80. The Balaban J connectivity index is 2.10. The van der Waals surface area contributed by atoms with Crippen LogP contribution in [0.5, 0.6) is 0 Å². The summed E-state index contributed by atoms with van der Waals surface area (Å²) in [6.45, 7) is 6.69. The molecule has 3 rings (SSSR count). The van der Waals surface area contributed by atoms with Crippen molar-refractivity contribution in [3.05, 3.63) is 39.9 Å². The minimum atomic E-state index is 0.429. The van der Waals surface area contributed by atoms with E-state index in [1.165, 1.54) is 17.5 Å². The normalized spacial score (nSPS) is 30.5. The van der Waals surface area contributed by atoms with E-state index in [4.69, 9.17) is 11.6 Å². The number of rotatable bonds is 1. The highest BCUT2D eigenvalue weighted by Gasteiger charge is 2.43. The lowest BCUT2D eigenvalue weighted by Crippen LogP contribution is -2.30. The standard InChI is InChI=1S/C16H20ClN/c1-3-4-11-5-6-12-13(15(11)17)7-8-16(2)10-18-9-14(12)16/h3-6,14,18H,7-10H2,1-2H3. The van der Waals surface area contributed by atoms with Gasteiger partial charge in [0.25, 0.3) is 0 Å². The number of fused-ring (bicyclic) bond motifs is 3. The first kappa shape index (κ1) is 12.3. The van der Waals surface area contributed by atoms with Gasteiger partial charge in [0, 0.05) is 19.0 Å². The van der Waals surface area contributed by atoms with Crippen LogP contribution in [-0.4, -0.2) is 13.1 Å². The number of halogens is 1. The Morgan fingerprint density at radius 3 is 3.06 bits per heavy atom. The summed E-state index contributed by atoms with van der Waals surface area (Å²) in [5, 5.41) is 4.52. The van der Waals surface area contributed by atoms with Gasteiger partial charge in [0.05, 0.1) is 5.02 Å². The summed E-state index contributed by atoms with van der Waals surface area (Å²) in [6.07, 6.45) is 6.52. The summed E-state index contributed by atoms with van der Waals surface area (Å²) in [5.41, 5.74) is 4.45. The molecule has 2 unspecified atom stereocenters. The van der Waals surface area contributed by atoms with Crippen LogP contribution in [0.15, 0.2) is 18.2 Å². The molecule has 0 radical (unpaired) electrons. The van der Waals surface area contributed by atoms with Gasteiger partial charge in [-0.05, 0) is 41.9 Å². The summed E-state index contributed by atoms with van der Waals surface area (Å²) < 4.78 is 0. The van der Waals surface area contributed by atoms with E-state index in [2.05, 4.69) is 36.5 Å². The van der Waals surface area contributed by atoms with E-state index in [9.17, 15) is 0 Å². The van der Waals surface area contributed by atoms with E-state index in [0.29, 0.717) is 11.3 Å². The molecule has 96 valence electrons. The zero-order valence-electron chi connectivity index (χ0n) is 11.1. The lowest BCUT2D eigenvalue weighted by Gasteiger charge is -2.37. The Morgan fingerprint density at radius 2 is 2.28 bits per heavy atom. The third-order valence-corrected chi connectivity index (χ3v) is 5.14. The highest BCUT2D eigenvalue weighted by Crippen LogP contribution is 2.49. The lowest BCUT2D eigenvalue weighted by atomic mass is 9.67. The molecule has 2 heteroatoms. The molecule has 0 spiro atoms. The second kappa shape index (κ2) is 4.40. The van der Waals surface area contributed by atoms with Crippen LogP contribution in [0.1, 0.15) is 42.9 Å². The van der Waals surface area contributed by atoms with Gasteiger partial charge in [0.2, 0.25) is 0 Å². The number of benzene rings is 1. The van der Waals surface area contributed by atoms with E-state index in [0.717, 1.165) is 30.1 Å². The van der Waals surface area contributed by atoms with Gasteiger partial charge in [0.1, 0.15) is 0 Å². The van der Waals surface area contributed by atoms with Crippen molar-refractivity contribution in [2.24, 2.45) is 5.41 Å². The molecule has 1 aromatic carbocycles. The molecular weight excluding hydrogens is 242 g/mol. The number of nitrogens with one attached hydrogen (secondary N) is 1. The van der Waals surface area contributed by atoms with E-state index >= 15 is 0 Å². The predicted octanol–water partition coefficient (Wildman–Crippen LogP) is 4.01. The second-order valence-corrected chi connectivity index (χ2v) is 6.25. The molecule has 0 bridgehead atoms. The monoisotopic (exact) mass is 261 g/mol. The fraction of sp³-hybridized carbons (Fsp3) is 0.500. The Bertz CT molecular complexity index is 506. The van der Waals surface area contributed by atoms with Gasteiger partial charge >= 0.3 is 0 Å². The van der Waals surface area contributed by atoms with Gasteiger partial charge in [-0.1, -0.05) is 42.8 Å². The first-order valence-corrected chi connectivity index (χ1v) is 7.18. The molecular formula is C16H20ClN. The van der Waals surface area contributed by atoms with E-state index < -0.39 is 0 Å². The van der Waals surface area contributed by atoms with E-state index in [1.54, 1.807) is 0 Å². The van der Waals surface area contributed by atoms with Crippen molar-refractivity contribution in [2.75, 3.05) is 13.1 Å². The fourth-order valence-corrected chi connectivity index (χ4v) is 3.90. The van der Waals surface area contributed by atoms with E-state index in [-0.39, 0.29) is 0 Å². The van der Waals surface area contributed by atoms with Gasteiger partial charge < -0.3 is 5.32 Å². The van der Waals surface area contributed by atoms with Crippen LogP contribution in [0.4, 0.5) is 0 Å². The smallest absolute Gasteiger partial charge is 0.0513 e. The first-order chi connectivity index (χ1) is 8.65. The predicted molar refractivity (Wildman–Crippen MR) is 78.2 cm³/mol. The topological polar surface area (TPSA) is 12.0 Å². The Labute approximate surface area is 114 Å². The fourth-order valence-electron chi connectivity index (χ4n) is 3.57. The Hall–Kier alpha value is -0.790. The van der Waals surface area contributed by atoms with Crippen LogP contribution in [0.2, 0.25) is 5.02 Å². The maximum absolute atomic E-state index is 6.57. The highest BCUT2D eigenvalue weighted by molar-refractivity contribution is 6.33. The number of allylic oxidation sites excluding steroid dienone is 1. The molecule has 1 aliphatic heterocycles. The van der Waals surface area contributed by atoms with Crippen LogP contribution < -0.4 is 5.32 Å². The minimum absolute atomic E-state index is 0.429. The molecule has 1 saturated heterocycles. The summed E-state index contributed by atoms with van der Waals surface area (Å²) >= 11 is 6.57. The molecule has 2 atom stereocenters. The van der Waals surface area contributed by atoms with E-state index in [1.807, 2.05) is 6.92 Å². The lowest BCUT2D eigenvalue weighted by molar-refractivity contribution is 0.277. The Kier molecular flexibility index (Phi) is 2.99. The zero-order chi connectivity index (χ0) is 12.8. The van der Waals surface area contributed by atoms with Gasteiger partial charge in [-0.25, -0.2) is 0 Å². The highest BCUT2D eigenvalue weighted by atomic mass is 35.5. The average Bonchev–Trinajstić information content (AvgIpc) is 2.75. The third-order valence-electron chi connectivity index (χ3n) is 4.70. The molecule has 0 saturated carbocycles. The maximum atomic E-state index is 6.57. The van der Waals surface area contributed by atoms with Crippen molar-refractivity contribution < 1.29 is 0 Å². The summed E-state index contributed by atoms with van der Waals surface area (Å²) in [6, 6.07) is 4.47. The van der Waals surface area contributed by atoms with Crippen LogP contribution in [0.25, 0.3) is 6.08 Å². The Morgan fingerprint density at radius 1 is 1.44 bits per heavy atom. The summed E-state index contributed by atoms with van der Waals surface area (Å²) in [7, 11) is 0. The molecule has 1 N–H and O–H groups in total. The van der Waals surface area contributed by atoms with Gasteiger partial charge in [0.15, 0.2) is 0 Å².